The molecule has 1 aliphatic rings. The van der Waals surface area contributed by atoms with Crippen molar-refractivity contribution in [3.05, 3.63) is 35.3 Å². The van der Waals surface area contributed by atoms with Gasteiger partial charge in [0.2, 0.25) is 5.91 Å². The third-order valence-corrected chi connectivity index (χ3v) is 5.28. The van der Waals surface area contributed by atoms with E-state index < -0.39 is 0 Å². The van der Waals surface area contributed by atoms with Gasteiger partial charge in [0.15, 0.2) is 0 Å². The maximum Gasteiger partial charge on any atom is 0.246 e. The topological polar surface area (TPSA) is 33.2 Å². The summed E-state index contributed by atoms with van der Waals surface area (Å²) in [5, 5.41) is 0.896. The lowest BCUT2D eigenvalue weighted by Gasteiger charge is -2.37. The third kappa shape index (κ3) is 3.22. The largest absolute Gasteiger partial charge is 0.336 e. The standard InChI is InChI=1S/C18H22N2OS/c1-13(2)15-8-5-6-12-20(15)18(21)11-10-17-19-14-7-3-4-9-16(14)22-17/h3-4,7,9-11,13,15H,5-6,8,12H2,1-2H3/b11-10+. The van der Waals surface area contributed by atoms with Gasteiger partial charge in [-0.25, -0.2) is 4.98 Å². The Morgan fingerprint density at radius 2 is 2.18 bits per heavy atom. The van der Waals surface area contributed by atoms with Crippen LogP contribution in [0.3, 0.4) is 0 Å². The van der Waals surface area contributed by atoms with Crippen LogP contribution in [0.5, 0.6) is 0 Å². The van der Waals surface area contributed by atoms with Gasteiger partial charge in [0.25, 0.3) is 0 Å². The molecule has 1 atom stereocenters. The molecule has 1 saturated heterocycles. The minimum Gasteiger partial charge on any atom is -0.336 e. The fourth-order valence-corrected chi connectivity index (χ4v) is 3.99. The quantitative estimate of drug-likeness (QED) is 0.789. The van der Waals surface area contributed by atoms with Gasteiger partial charge in [0, 0.05) is 18.7 Å². The van der Waals surface area contributed by atoms with Crippen molar-refractivity contribution >= 4 is 33.5 Å². The molecule has 3 nitrogen and oxygen atoms in total. The second-order valence-corrected chi connectivity index (χ2v) is 7.25. The van der Waals surface area contributed by atoms with Crippen LogP contribution >= 0.6 is 11.3 Å². The Kier molecular flexibility index (Phi) is 4.57. The maximum absolute atomic E-state index is 12.5. The van der Waals surface area contributed by atoms with Gasteiger partial charge in [-0.1, -0.05) is 26.0 Å². The number of rotatable bonds is 3. The number of aromatic nitrogens is 1. The Labute approximate surface area is 135 Å². The van der Waals surface area contributed by atoms with Crippen LogP contribution in [0.2, 0.25) is 0 Å². The number of carbonyl (C=O) groups is 1. The average Bonchev–Trinajstić information content (AvgIpc) is 2.95. The lowest BCUT2D eigenvalue weighted by molar-refractivity contribution is -0.130. The van der Waals surface area contributed by atoms with Crippen LogP contribution in [0.25, 0.3) is 16.3 Å². The highest BCUT2D eigenvalue weighted by Crippen LogP contribution is 2.25. The van der Waals surface area contributed by atoms with E-state index in [-0.39, 0.29) is 5.91 Å². The first kappa shape index (κ1) is 15.2. The molecule has 0 saturated carbocycles. The highest BCUT2D eigenvalue weighted by atomic mass is 32.1. The minimum absolute atomic E-state index is 0.123. The molecule has 3 rings (SSSR count). The lowest BCUT2D eigenvalue weighted by atomic mass is 9.93. The van der Waals surface area contributed by atoms with Crippen LogP contribution in [-0.2, 0) is 4.79 Å². The maximum atomic E-state index is 12.5. The van der Waals surface area contributed by atoms with Gasteiger partial charge in [0.05, 0.1) is 10.2 Å². The molecule has 1 fully saturated rings. The Bertz CT molecular complexity index is 656. The SMILES string of the molecule is CC(C)C1CCCCN1C(=O)/C=C/c1nc2ccccc2s1. The predicted molar refractivity (Wildman–Crippen MR) is 92.8 cm³/mol. The number of para-hydroxylation sites is 1. The van der Waals surface area contributed by atoms with Crippen molar-refractivity contribution in [1.29, 1.82) is 0 Å². The van der Waals surface area contributed by atoms with Gasteiger partial charge in [-0.05, 0) is 43.4 Å². The molecule has 1 amide bonds. The number of fused-ring (bicyclic) bond motifs is 1. The molecule has 1 aliphatic heterocycles. The summed E-state index contributed by atoms with van der Waals surface area (Å²) in [5.74, 6) is 0.637. The molecule has 0 aliphatic carbocycles. The number of hydrogen-bond donors (Lipinski definition) is 0. The van der Waals surface area contributed by atoms with E-state index in [0.29, 0.717) is 12.0 Å². The van der Waals surface area contributed by atoms with E-state index >= 15 is 0 Å². The Balaban J connectivity index is 1.74. The van der Waals surface area contributed by atoms with Crippen LogP contribution in [-0.4, -0.2) is 28.4 Å². The van der Waals surface area contributed by atoms with Crippen LogP contribution < -0.4 is 0 Å². The molecule has 0 bridgehead atoms. The molecule has 1 aromatic heterocycles. The van der Waals surface area contributed by atoms with Crippen LogP contribution in [0.4, 0.5) is 0 Å². The fourth-order valence-electron chi connectivity index (χ4n) is 3.12. The minimum atomic E-state index is 0.123. The zero-order chi connectivity index (χ0) is 15.5. The zero-order valence-electron chi connectivity index (χ0n) is 13.2. The van der Waals surface area contributed by atoms with Gasteiger partial charge in [-0.3, -0.25) is 4.79 Å². The Hall–Kier alpha value is -1.68. The van der Waals surface area contributed by atoms with Crippen LogP contribution in [0.15, 0.2) is 30.3 Å². The summed E-state index contributed by atoms with van der Waals surface area (Å²) in [4.78, 5) is 19.1. The molecule has 0 spiro atoms. The number of hydrogen-bond acceptors (Lipinski definition) is 3. The van der Waals surface area contributed by atoms with Gasteiger partial charge < -0.3 is 4.90 Å². The lowest BCUT2D eigenvalue weighted by Crippen LogP contribution is -2.45. The molecule has 0 N–H and O–H groups in total. The summed E-state index contributed by atoms with van der Waals surface area (Å²) >= 11 is 1.62. The Morgan fingerprint density at radius 3 is 2.95 bits per heavy atom. The molecular formula is C18H22N2OS. The second-order valence-electron chi connectivity index (χ2n) is 6.19. The van der Waals surface area contributed by atoms with E-state index in [2.05, 4.69) is 24.9 Å². The zero-order valence-corrected chi connectivity index (χ0v) is 14.0. The number of piperidine rings is 1. The first-order valence-corrected chi connectivity index (χ1v) is 8.81. The third-order valence-electron chi connectivity index (χ3n) is 4.28. The van der Waals surface area contributed by atoms with Crippen molar-refractivity contribution in [2.45, 2.75) is 39.2 Å². The summed E-state index contributed by atoms with van der Waals surface area (Å²) in [5.41, 5.74) is 0.998. The fraction of sp³-hybridized carbons (Fsp3) is 0.444. The number of thiazole rings is 1. The molecule has 22 heavy (non-hydrogen) atoms. The second kappa shape index (κ2) is 6.61. The smallest absolute Gasteiger partial charge is 0.246 e. The average molecular weight is 314 g/mol. The monoisotopic (exact) mass is 314 g/mol. The molecule has 1 aromatic carbocycles. The molecule has 116 valence electrons. The van der Waals surface area contributed by atoms with Crippen molar-refractivity contribution in [1.82, 2.24) is 9.88 Å². The highest BCUT2D eigenvalue weighted by molar-refractivity contribution is 7.19. The number of carbonyl (C=O) groups excluding carboxylic acids is 1. The molecule has 2 aromatic rings. The van der Waals surface area contributed by atoms with Gasteiger partial charge in [0.1, 0.15) is 5.01 Å². The molecule has 4 heteroatoms. The Morgan fingerprint density at radius 1 is 1.36 bits per heavy atom. The molecule has 0 radical (unpaired) electrons. The van der Waals surface area contributed by atoms with Crippen molar-refractivity contribution < 1.29 is 4.79 Å². The highest BCUT2D eigenvalue weighted by Gasteiger charge is 2.27. The summed E-state index contributed by atoms with van der Waals surface area (Å²) in [6.45, 7) is 5.28. The van der Waals surface area contributed by atoms with Crippen molar-refractivity contribution in [2.24, 2.45) is 5.92 Å². The first-order chi connectivity index (χ1) is 10.6. The number of amides is 1. The van der Waals surface area contributed by atoms with Gasteiger partial charge >= 0.3 is 0 Å². The van der Waals surface area contributed by atoms with Crippen molar-refractivity contribution in [3.63, 3.8) is 0 Å². The van der Waals surface area contributed by atoms with E-state index in [1.54, 1.807) is 17.4 Å². The summed E-state index contributed by atoms with van der Waals surface area (Å²) < 4.78 is 1.16. The van der Waals surface area contributed by atoms with Crippen LogP contribution in [0, 0.1) is 5.92 Å². The number of nitrogens with zero attached hydrogens (tertiary/aromatic N) is 2. The summed E-state index contributed by atoms with van der Waals surface area (Å²) in [6, 6.07) is 8.44. The van der Waals surface area contributed by atoms with Gasteiger partial charge in [-0.15, -0.1) is 11.3 Å². The normalized spacial score (nSPS) is 19.4. The van der Waals surface area contributed by atoms with Crippen molar-refractivity contribution in [3.8, 4) is 0 Å². The van der Waals surface area contributed by atoms with E-state index in [9.17, 15) is 4.79 Å². The van der Waals surface area contributed by atoms with E-state index in [4.69, 9.17) is 0 Å². The molecular weight excluding hydrogens is 292 g/mol. The summed E-state index contributed by atoms with van der Waals surface area (Å²) in [7, 11) is 0. The molecule has 2 heterocycles. The van der Waals surface area contributed by atoms with E-state index in [0.717, 1.165) is 34.6 Å². The van der Waals surface area contributed by atoms with E-state index in [1.165, 1.54) is 6.42 Å². The first-order valence-electron chi connectivity index (χ1n) is 7.99. The van der Waals surface area contributed by atoms with E-state index in [1.807, 2.05) is 29.2 Å². The summed E-state index contributed by atoms with van der Waals surface area (Å²) in [6.07, 6.45) is 7.02. The van der Waals surface area contributed by atoms with Crippen LogP contribution in [0.1, 0.15) is 38.1 Å². The van der Waals surface area contributed by atoms with Gasteiger partial charge in [-0.2, -0.15) is 0 Å². The van der Waals surface area contributed by atoms with Crippen molar-refractivity contribution in [2.75, 3.05) is 6.54 Å². The number of likely N-dealkylation sites (tertiary alicyclic amines) is 1. The molecule has 1 unspecified atom stereocenters. The number of benzene rings is 1. The predicted octanol–water partition coefficient (Wildman–Crippen LogP) is 4.35.